The fourth-order valence-electron chi connectivity index (χ4n) is 3.59. The van der Waals surface area contributed by atoms with E-state index in [1.54, 1.807) is 35.7 Å². The van der Waals surface area contributed by atoms with Gasteiger partial charge in [-0.25, -0.2) is 8.42 Å². The molecule has 2 aromatic carbocycles. The molecule has 2 heterocycles. The van der Waals surface area contributed by atoms with Gasteiger partial charge in [0.15, 0.2) is 0 Å². The van der Waals surface area contributed by atoms with Gasteiger partial charge in [-0.3, -0.25) is 0 Å². The highest BCUT2D eigenvalue weighted by Crippen LogP contribution is 2.36. The molecule has 1 atom stereocenters. The van der Waals surface area contributed by atoms with Gasteiger partial charge in [0.1, 0.15) is 5.75 Å². The molecule has 5 nitrogen and oxygen atoms in total. The van der Waals surface area contributed by atoms with Gasteiger partial charge in [-0.05, 0) is 48.9 Å². The van der Waals surface area contributed by atoms with Crippen LogP contribution in [0.2, 0.25) is 0 Å². The number of methoxy groups -OCH3 is 1. The fourth-order valence-corrected chi connectivity index (χ4v) is 5.17. The zero-order valence-electron chi connectivity index (χ0n) is 15.4. The minimum absolute atomic E-state index is 0.278. The van der Waals surface area contributed by atoms with Crippen LogP contribution < -0.4 is 4.74 Å². The van der Waals surface area contributed by atoms with Crippen molar-refractivity contribution in [3.8, 4) is 5.75 Å². The molecule has 0 saturated carbocycles. The van der Waals surface area contributed by atoms with Gasteiger partial charge >= 0.3 is 0 Å². The Kier molecular flexibility index (Phi) is 4.53. The maximum Gasteiger partial charge on any atom is 0.244 e. The zero-order chi connectivity index (χ0) is 19.0. The summed E-state index contributed by atoms with van der Waals surface area (Å²) in [6, 6.07) is 18.3. The van der Waals surface area contributed by atoms with Gasteiger partial charge in [0, 0.05) is 25.0 Å². The first-order valence-corrected chi connectivity index (χ1v) is 10.3. The van der Waals surface area contributed by atoms with Crippen molar-refractivity contribution in [2.75, 3.05) is 13.7 Å². The monoisotopic (exact) mass is 382 g/mol. The second kappa shape index (κ2) is 6.87. The van der Waals surface area contributed by atoms with Crippen molar-refractivity contribution in [1.29, 1.82) is 0 Å². The standard InChI is InChI=1S/C21H22N2O3S/c1-16-5-7-17(8-6-16)21-20-4-3-13-22(20)14-15-23(21)27(24,25)19-11-9-18(26-2)10-12-19/h3-13,21H,14-15H2,1-2H3. The Morgan fingerprint density at radius 1 is 0.963 bits per heavy atom. The molecule has 1 aliphatic rings. The summed E-state index contributed by atoms with van der Waals surface area (Å²) in [6.07, 6.45) is 2.01. The lowest BCUT2D eigenvalue weighted by atomic mass is 10.0. The Hall–Kier alpha value is -2.57. The van der Waals surface area contributed by atoms with Crippen molar-refractivity contribution < 1.29 is 13.2 Å². The number of nitrogens with zero attached hydrogens (tertiary/aromatic N) is 2. The third-order valence-corrected chi connectivity index (χ3v) is 6.93. The van der Waals surface area contributed by atoms with E-state index in [9.17, 15) is 8.42 Å². The van der Waals surface area contributed by atoms with E-state index >= 15 is 0 Å². The van der Waals surface area contributed by atoms with Crippen LogP contribution in [0.1, 0.15) is 22.9 Å². The fraction of sp³-hybridized carbons (Fsp3) is 0.238. The molecule has 0 radical (unpaired) electrons. The van der Waals surface area contributed by atoms with Crippen LogP contribution in [0.3, 0.4) is 0 Å². The molecule has 0 saturated heterocycles. The number of fused-ring (bicyclic) bond motifs is 1. The van der Waals surface area contributed by atoms with Crippen molar-refractivity contribution in [3.63, 3.8) is 0 Å². The van der Waals surface area contributed by atoms with Gasteiger partial charge in [0.2, 0.25) is 10.0 Å². The number of aromatic nitrogens is 1. The summed E-state index contributed by atoms with van der Waals surface area (Å²) in [5.74, 6) is 0.636. The molecule has 1 unspecified atom stereocenters. The SMILES string of the molecule is COc1ccc(S(=O)(=O)N2CCn3cccc3C2c2ccc(C)cc2)cc1. The minimum atomic E-state index is -3.65. The summed E-state index contributed by atoms with van der Waals surface area (Å²) in [5, 5.41) is 0. The maximum atomic E-state index is 13.4. The number of hydrogen-bond donors (Lipinski definition) is 0. The van der Waals surface area contributed by atoms with Crippen molar-refractivity contribution >= 4 is 10.0 Å². The molecule has 27 heavy (non-hydrogen) atoms. The Morgan fingerprint density at radius 3 is 2.33 bits per heavy atom. The summed E-state index contributed by atoms with van der Waals surface area (Å²) in [6.45, 7) is 3.09. The van der Waals surface area contributed by atoms with E-state index in [-0.39, 0.29) is 10.9 Å². The highest BCUT2D eigenvalue weighted by Gasteiger charge is 2.37. The van der Waals surface area contributed by atoms with Gasteiger partial charge in [-0.1, -0.05) is 29.8 Å². The summed E-state index contributed by atoms with van der Waals surface area (Å²) < 4.78 is 35.8. The van der Waals surface area contributed by atoms with Crippen molar-refractivity contribution in [1.82, 2.24) is 8.87 Å². The number of aryl methyl sites for hydroxylation is 1. The second-order valence-electron chi connectivity index (χ2n) is 6.73. The lowest BCUT2D eigenvalue weighted by Crippen LogP contribution is -2.42. The Balaban J connectivity index is 1.80. The summed E-state index contributed by atoms with van der Waals surface area (Å²) in [5.41, 5.74) is 3.11. The zero-order valence-corrected chi connectivity index (χ0v) is 16.2. The lowest BCUT2D eigenvalue weighted by Gasteiger charge is -2.36. The molecule has 0 spiro atoms. The first-order chi connectivity index (χ1) is 13.0. The molecule has 0 N–H and O–H groups in total. The highest BCUT2D eigenvalue weighted by atomic mass is 32.2. The van der Waals surface area contributed by atoms with Crippen LogP contribution in [0.4, 0.5) is 0 Å². The normalized spacial score (nSPS) is 17.5. The van der Waals surface area contributed by atoms with E-state index in [1.165, 1.54) is 0 Å². The van der Waals surface area contributed by atoms with Crippen LogP contribution >= 0.6 is 0 Å². The first kappa shape index (κ1) is 17.8. The molecule has 0 fully saturated rings. The number of rotatable bonds is 4. The molecule has 0 amide bonds. The molecule has 0 aliphatic carbocycles. The molecule has 140 valence electrons. The van der Waals surface area contributed by atoms with Crippen molar-refractivity contribution in [3.05, 3.63) is 83.7 Å². The van der Waals surface area contributed by atoms with Crippen LogP contribution in [0.25, 0.3) is 0 Å². The predicted molar refractivity (Wildman–Crippen MR) is 104 cm³/mol. The number of benzene rings is 2. The third-order valence-electron chi connectivity index (χ3n) is 5.05. The Morgan fingerprint density at radius 2 is 1.67 bits per heavy atom. The average molecular weight is 382 g/mol. The summed E-state index contributed by atoms with van der Waals surface area (Å²) in [7, 11) is -2.09. The average Bonchev–Trinajstić information content (AvgIpc) is 3.17. The number of ether oxygens (including phenoxy) is 1. The van der Waals surface area contributed by atoms with Gasteiger partial charge in [-0.2, -0.15) is 4.31 Å². The van der Waals surface area contributed by atoms with Gasteiger partial charge in [0.25, 0.3) is 0 Å². The van der Waals surface area contributed by atoms with E-state index in [2.05, 4.69) is 4.57 Å². The minimum Gasteiger partial charge on any atom is -0.497 e. The largest absolute Gasteiger partial charge is 0.497 e. The number of hydrogen-bond acceptors (Lipinski definition) is 3. The van der Waals surface area contributed by atoms with Crippen LogP contribution in [0.15, 0.2) is 71.8 Å². The van der Waals surface area contributed by atoms with Gasteiger partial charge in [-0.15, -0.1) is 0 Å². The quantitative estimate of drug-likeness (QED) is 0.693. The molecular formula is C21H22N2O3S. The highest BCUT2D eigenvalue weighted by molar-refractivity contribution is 7.89. The van der Waals surface area contributed by atoms with E-state index < -0.39 is 10.0 Å². The molecule has 3 aromatic rings. The van der Waals surface area contributed by atoms with Crippen molar-refractivity contribution in [2.24, 2.45) is 0 Å². The topological polar surface area (TPSA) is 51.5 Å². The van der Waals surface area contributed by atoms with Crippen molar-refractivity contribution in [2.45, 2.75) is 24.4 Å². The molecule has 1 aromatic heterocycles. The summed E-state index contributed by atoms with van der Waals surface area (Å²) in [4.78, 5) is 0.278. The predicted octanol–water partition coefficient (Wildman–Crippen LogP) is 3.60. The van der Waals surface area contributed by atoms with Gasteiger partial charge in [0.05, 0.1) is 18.0 Å². The van der Waals surface area contributed by atoms with Gasteiger partial charge < -0.3 is 9.30 Å². The first-order valence-electron chi connectivity index (χ1n) is 8.88. The second-order valence-corrected chi connectivity index (χ2v) is 8.62. The van der Waals surface area contributed by atoms with Crippen LogP contribution in [-0.4, -0.2) is 30.9 Å². The molecule has 0 bridgehead atoms. The molecule has 6 heteroatoms. The van der Waals surface area contributed by atoms with E-state index in [0.717, 1.165) is 16.8 Å². The smallest absolute Gasteiger partial charge is 0.244 e. The molecule has 4 rings (SSSR count). The van der Waals surface area contributed by atoms with E-state index in [4.69, 9.17) is 4.74 Å². The Bertz CT molecular complexity index is 1040. The maximum absolute atomic E-state index is 13.4. The third kappa shape index (κ3) is 3.15. The van der Waals surface area contributed by atoms with E-state index in [1.807, 2.05) is 49.5 Å². The molecule has 1 aliphatic heterocycles. The molecular weight excluding hydrogens is 360 g/mol. The Labute approximate surface area is 159 Å². The number of sulfonamides is 1. The van der Waals surface area contributed by atoms with E-state index in [0.29, 0.717) is 18.8 Å². The lowest BCUT2D eigenvalue weighted by molar-refractivity contribution is 0.298. The van der Waals surface area contributed by atoms with Crippen LogP contribution in [-0.2, 0) is 16.6 Å². The summed E-state index contributed by atoms with van der Waals surface area (Å²) >= 11 is 0. The van der Waals surface area contributed by atoms with Crippen LogP contribution in [0.5, 0.6) is 5.75 Å². The van der Waals surface area contributed by atoms with Crippen LogP contribution in [0, 0.1) is 6.92 Å².